The lowest BCUT2D eigenvalue weighted by molar-refractivity contribution is -0.0150. The van der Waals surface area contributed by atoms with Crippen LogP contribution in [-0.2, 0) is 17.9 Å². The normalized spacial score (nSPS) is 19.1. The first-order chi connectivity index (χ1) is 11.8. The molecule has 1 fully saturated rings. The number of aromatic amines is 1. The zero-order valence-corrected chi connectivity index (χ0v) is 13.9. The highest BCUT2D eigenvalue weighted by Gasteiger charge is 2.21. The highest BCUT2D eigenvalue weighted by Crippen LogP contribution is 2.22. The van der Waals surface area contributed by atoms with Crippen LogP contribution in [0.25, 0.3) is 10.9 Å². The fourth-order valence-electron chi connectivity index (χ4n) is 3.41. The summed E-state index contributed by atoms with van der Waals surface area (Å²) in [6, 6.07) is 8.60. The fraction of sp³-hybridized carbons (Fsp3) is 0.444. The van der Waals surface area contributed by atoms with E-state index < -0.39 is 0 Å². The van der Waals surface area contributed by atoms with Crippen LogP contribution in [0, 0.1) is 6.92 Å². The van der Waals surface area contributed by atoms with Crippen molar-refractivity contribution in [3.63, 3.8) is 0 Å². The number of aromatic nitrogens is 3. The Morgan fingerprint density at radius 3 is 3.21 bits per heavy atom. The molecule has 4 rings (SSSR count). The first-order valence-corrected chi connectivity index (χ1v) is 8.46. The second-order valence-corrected chi connectivity index (χ2v) is 6.40. The number of aryl methyl sites for hydroxylation is 1. The van der Waals surface area contributed by atoms with Gasteiger partial charge in [-0.1, -0.05) is 17.3 Å². The molecule has 0 spiro atoms. The van der Waals surface area contributed by atoms with Gasteiger partial charge in [0.05, 0.1) is 6.10 Å². The Labute approximate surface area is 140 Å². The van der Waals surface area contributed by atoms with Crippen LogP contribution < -0.4 is 0 Å². The van der Waals surface area contributed by atoms with Gasteiger partial charge in [-0.15, -0.1) is 0 Å². The van der Waals surface area contributed by atoms with Crippen LogP contribution in [0.5, 0.6) is 0 Å². The third-order valence-electron chi connectivity index (χ3n) is 4.56. The van der Waals surface area contributed by atoms with Crippen LogP contribution in [-0.4, -0.2) is 39.2 Å². The Kier molecular flexibility index (Phi) is 4.32. The van der Waals surface area contributed by atoms with Crippen molar-refractivity contribution in [3.05, 3.63) is 47.7 Å². The maximum atomic E-state index is 5.99. The quantitative estimate of drug-likeness (QED) is 0.780. The Balaban J connectivity index is 1.37. The molecular formula is C18H22N4O2. The standard InChI is InChI=1S/C18H22N4O2/c1-13-20-18(21-24-13)12-23-15-5-3-9-22(11-15)10-14-4-2-6-17-16(14)7-8-19-17/h2,4,6-8,15,19H,3,5,9-12H2,1H3. The van der Waals surface area contributed by atoms with Gasteiger partial charge in [-0.25, -0.2) is 0 Å². The first kappa shape index (κ1) is 15.4. The number of fused-ring (bicyclic) bond motifs is 1. The SMILES string of the molecule is Cc1nc(COC2CCCN(Cc3cccc4[nH]ccc34)C2)no1. The number of nitrogens with one attached hydrogen (secondary N) is 1. The summed E-state index contributed by atoms with van der Waals surface area (Å²) >= 11 is 0. The van der Waals surface area contributed by atoms with E-state index in [0.717, 1.165) is 32.5 Å². The fourth-order valence-corrected chi connectivity index (χ4v) is 3.41. The molecule has 0 amide bonds. The van der Waals surface area contributed by atoms with Crippen molar-refractivity contribution in [2.24, 2.45) is 0 Å². The predicted octanol–water partition coefficient (Wildman–Crippen LogP) is 3.04. The molecule has 0 radical (unpaired) electrons. The van der Waals surface area contributed by atoms with Gasteiger partial charge >= 0.3 is 0 Å². The van der Waals surface area contributed by atoms with E-state index in [1.165, 1.54) is 16.5 Å². The summed E-state index contributed by atoms with van der Waals surface area (Å²) in [7, 11) is 0. The summed E-state index contributed by atoms with van der Waals surface area (Å²) in [5, 5.41) is 5.20. The average Bonchev–Trinajstić information content (AvgIpc) is 3.23. The summed E-state index contributed by atoms with van der Waals surface area (Å²) in [6.07, 6.45) is 4.46. The Morgan fingerprint density at radius 2 is 2.33 bits per heavy atom. The van der Waals surface area contributed by atoms with Crippen molar-refractivity contribution in [1.29, 1.82) is 0 Å². The molecule has 2 aromatic heterocycles. The van der Waals surface area contributed by atoms with E-state index in [1.807, 2.05) is 6.20 Å². The lowest BCUT2D eigenvalue weighted by atomic mass is 10.1. The molecule has 1 aromatic carbocycles. The van der Waals surface area contributed by atoms with Crippen molar-refractivity contribution in [2.45, 2.75) is 39.0 Å². The number of H-pyrrole nitrogens is 1. The monoisotopic (exact) mass is 326 g/mol. The summed E-state index contributed by atoms with van der Waals surface area (Å²) < 4.78 is 11.0. The van der Waals surface area contributed by atoms with E-state index in [0.29, 0.717) is 18.3 Å². The van der Waals surface area contributed by atoms with Crippen molar-refractivity contribution in [2.75, 3.05) is 13.1 Å². The van der Waals surface area contributed by atoms with Gasteiger partial charge in [0.1, 0.15) is 6.61 Å². The molecule has 6 heteroatoms. The number of likely N-dealkylation sites (tertiary alicyclic amines) is 1. The number of hydrogen-bond acceptors (Lipinski definition) is 5. The molecule has 3 heterocycles. The Morgan fingerprint density at radius 1 is 1.38 bits per heavy atom. The van der Waals surface area contributed by atoms with Gasteiger partial charge in [0.25, 0.3) is 0 Å². The molecule has 126 valence electrons. The summed E-state index contributed by atoms with van der Waals surface area (Å²) in [4.78, 5) is 9.94. The van der Waals surface area contributed by atoms with E-state index in [1.54, 1.807) is 6.92 Å². The average molecular weight is 326 g/mol. The molecule has 1 aliphatic heterocycles. The molecule has 0 aliphatic carbocycles. The number of ether oxygens (including phenoxy) is 1. The predicted molar refractivity (Wildman–Crippen MR) is 90.4 cm³/mol. The maximum absolute atomic E-state index is 5.99. The van der Waals surface area contributed by atoms with Crippen LogP contribution in [0.4, 0.5) is 0 Å². The second kappa shape index (κ2) is 6.75. The molecule has 0 bridgehead atoms. The highest BCUT2D eigenvalue weighted by molar-refractivity contribution is 5.82. The van der Waals surface area contributed by atoms with E-state index >= 15 is 0 Å². The van der Waals surface area contributed by atoms with Crippen LogP contribution in [0.3, 0.4) is 0 Å². The molecule has 1 atom stereocenters. The molecule has 24 heavy (non-hydrogen) atoms. The minimum atomic E-state index is 0.225. The van der Waals surface area contributed by atoms with E-state index in [-0.39, 0.29) is 6.10 Å². The zero-order chi connectivity index (χ0) is 16.4. The largest absolute Gasteiger partial charge is 0.369 e. The molecule has 0 saturated carbocycles. The maximum Gasteiger partial charge on any atom is 0.223 e. The smallest absolute Gasteiger partial charge is 0.223 e. The third-order valence-corrected chi connectivity index (χ3v) is 4.56. The number of hydrogen-bond donors (Lipinski definition) is 1. The molecule has 3 aromatic rings. The van der Waals surface area contributed by atoms with Crippen molar-refractivity contribution in [3.8, 4) is 0 Å². The summed E-state index contributed by atoms with van der Waals surface area (Å²) in [6.45, 7) is 5.22. The van der Waals surface area contributed by atoms with E-state index in [4.69, 9.17) is 9.26 Å². The molecule has 6 nitrogen and oxygen atoms in total. The minimum Gasteiger partial charge on any atom is -0.369 e. The van der Waals surface area contributed by atoms with Gasteiger partial charge in [0.15, 0.2) is 5.82 Å². The molecule has 1 saturated heterocycles. The zero-order valence-electron chi connectivity index (χ0n) is 13.9. The summed E-state index contributed by atoms with van der Waals surface area (Å²) in [5.41, 5.74) is 2.56. The van der Waals surface area contributed by atoms with E-state index in [2.05, 4.69) is 44.3 Å². The number of rotatable bonds is 5. The van der Waals surface area contributed by atoms with Crippen LogP contribution in [0.1, 0.15) is 30.1 Å². The molecule has 1 unspecified atom stereocenters. The van der Waals surface area contributed by atoms with Gasteiger partial charge in [0.2, 0.25) is 5.89 Å². The number of nitrogens with zero attached hydrogens (tertiary/aromatic N) is 3. The highest BCUT2D eigenvalue weighted by atomic mass is 16.5. The van der Waals surface area contributed by atoms with Crippen LogP contribution in [0.15, 0.2) is 35.0 Å². The van der Waals surface area contributed by atoms with Gasteiger partial charge in [-0.3, -0.25) is 4.90 Å². The molecular weight excluding hydrogens is 304 g/mol. The molecule has 1 N–H and O–H groups in total. The first-order valence-electron chi connectivity index (χ1n) is 8.46. The minimum absolute atomic E-state index is 0.225. The van der Waals surface area contributed by atoms with Crippen molar-refractivity contribution < 1.29 is 9.26 Å². The van der Waals surface area contributed by atoms with Gasteiger partial charge in [-0.05, 0) is 37.1 Å². The van der Waals surface area contributed by atoms with Gasteiger partial charge < -0.3 is 14.2 Å². The van der Waals surface area contributed by atoms with Crippen molar-refractivity contribution in [1.82, 2.24) is 20.0 Å². The molecule has 1 aliphatic rings. The van der Waals surface area contributed by atoms with Crippen molar-refractivity contribution >= 4 is 10.9 Å². The lowest BCUT2D eigenvalue weighted by Crippen LogP contribution is -2.39. The third kappa shape index (κ3) is 3.34. The van der Waals surface area contributed by atoms with E-state index in [9.17, 15) is 0 Å². The van der Waals surface area contributed by atoms with Gasteiger partial charge in [-0.2, -0.15) is 4.98 Å². The number of benzene rings is 1. The van der Waals surface area contributed by atoms with Gasteiger partial charge in [0, 0.05) is 37.1 Å². The Bertz CT molecular complexity index is 810. The van der Waals surface area contributed by atoms with Crippen LogP contribution >= 0.6 is 0 Å². The van der Waals surface area contributed by atoms with Crippen LogP contribution in [0.2, 0.25) is 0 Å². The lowest BCUT2D eigenvalue weighted by Gasteiger charge is -2.32. The topological polar surface area (TPSA) is 67.2 Å². The Hall–Kier alpha value is -2.18. The second-order valence-electron chi connectivity index (χ2n) is 6.40. The summed E-state index contributed by atoms with van der Waals surface area (Å²) in [5.74, 6) is 1.21. The number of piperidine rings is 1.